The van der Waals surface area contributed by atoms with Crippen LogP contribution in [0.1, 0.15) is 32.6 Å². The number of hydrogen-bond acceptors (Lipinski definition) is 5. The second-order valence-corrected chi connectivity index (χ2v) is 7.17. The van der Waals surface area contributed by atoms with Crippen LogP contribution in [0.3, 0.4) is 0 Å². The van der Waals surface area contributed by atoms with Crippen molar-refractivity contribution in [3.63, 3.8) is 0 Å². The molecule has 0 aliphatic rings. The molecule has 1 N–H and O–H groups in total. The Hall–Kier alpha value is -2.25. The van der Waals surface area contributed by atoms with Crippen molar-refractivity contribution in [1.82, 2.24) is 25.1 Å². The Morgan fingerprint density at radius 3 is 2.72 bits per heavy atom. The summed E-state index contributed by atoms with van der Waals surface area (Å²) in [5, 5.41) is 10.6. The Morgan fingerprint density at radius 2 is 2.08 bits per heavy atom. The van der Waals surface area contributed by atoms with Crippen LogP contribution in [0.15, 0.2) is 23.6 Å². The fourth-order valence-electron chi connectivity index (χ4n) is 2.48. The summed E-state index contributed by atoms with van der Waals surface area (Å²) in [7, 11) is 0. The molecule has 1 amide bonds. The number of nitrogens with one attached hydrogen (secondary N) is 1. The van der Waals surface area contributed by atoms with Gasteiger partial charge in [-0.3, -0.25) is 4.79 Å². The molecule has 0 radical (unpaired) electrons. The largest absolute Gasteiger partial charge is 0.350 e. The first-order chi connectivity index (χ1) is 11.9. The number of aryl methyl sites for hydroxylation is 3. The van der Waals surface area contributed by atoms with Crippen molar-refractivity contribution in [2.75, 3.05) is 6.54 Å². The highest BCUT2D eigenvalue weighted by Crippen LogP contribution is 2.18. The molecule has 3 heterocycles. The van der Waals surface area contributed by atoms with Gasteiger partial charge < -0.3 is 5.32 Å². The topological polar surface area (TPSA) is 72.7 Å². The van der Waals surface area contributed by atoms with Crippen molar-refractivity contribution in [1.29, 1.82) is 0 Å². The molecule has 0 atom stereocenters. The molecule has 130 valence electrons. The van der Waals surface area contributed by atoms with E-state index in [4.69, 9.17) is 11.6 Å². The molecule has 8 heteroatoms. The molecule has 0 aliphatic carbocycles. The second-order valence-electron chi connectivity index (χ2n) is 5.70. The van der Waals surface area contributed by atoms with E-state index >= 15 is 0 Å². The van der Waals surface area contributed by atoms with E-state index in [-0.39, 0.29) is 11.6 Å². The highest BCUT2D eigenvalue weighted by Gasteiger charge is 2.15. The highest BCUT2D eigenvalue weighted by atomic mass is 35.5. The maximum Gasteiger partial charge on any atom is 0.271 e. The number of hydrogen-bond donors (Lipinski definition) is 1. The summed E-state index contributed by atoms with van der Waals surface area (Å²) < 4.78 is 1.69. The third-order valence-corrected chi connectivity index (χ3v) is 4.73. The van der Waals surface area contributed by atoms with Crippen LogP contribution in [-0.4, -0.2) is 32.2 Å². The number of nitrogens with zero attached hydrogens (tertiary/aromatic N) is 4. The van der Waals surface area contributed by atoms with Gasteiger partial charge in [-0.2, -0.15) is 5.10 Å². The summed E-state index contributed by atoms with van der Waals surface area (Å²) in [6.45, 7) is 6.28. The van der Waals surface area contributed by atoms with Gasteiger partial charge in [0.15, 0.2) is 5.82 Å². The summed E-state index contributed by atoms with van der Waals surface area (Å²) in [5.74, 6) is 0.260. The van der Waals surface area contributed by atoms with Gasteiger partial charge in [0.1, 0.15) is 5.69 Å². The first-order valence-corrected chi connectivity index (χ1v) is 9.09. The van der Waals surface area contributed by atoms with Gasteiger partial charge >= 0.3 is 0 Å². The number of carbonyl (C=O) groups excluding carboxylic acids is 1. The van der Waals surface area contributed by atoms with Gasteiger partial charge in [-0.15, -0.1) is 11.3 Å². The number of amides is 1. The van der Waals surface area contributed by atoms with E-state index in [0.717, 1.165) is 22.1 Å². The van der Waals surface area contributed by atoms with Crippen molar-refractivity contribution in [3.8, 4) is 5.82 Å². The lowest BCUT2D eigenvalue weighted by atomic mass is 10.3. The lowest BCUT2D eigenvalue weighted by Gasteiger charge is -2.09. The van der Waals surface area contributed by atoms with Crippen LogP contribution in [0.4, 0.5) is 0 Å². The van der Waals surface area contributed by atoms with Crippen molar-refractivity contribution in [3.05, 3.63) is 56.4 Å². The second kappa shape index (κ2) is 7.33. The zero-order chi connectivity index (χ0) is 18.0. The molecule has 0 aromatic carbocycles. The lowest BCUT2D eigenvalue weighted by Crippen LogP contribution is -2.27. The van der Waals surface area contributed by atoms with Crippen LogP contribution in [0.5, 0.6) is 0 Å². The van der Waals surface area contributed by atoms with Gasteiger partial charge in [0, 0.05) is 24.0 Å². The Bertz CT molecular complexity index is 918. The van der Waals surface area contributed by atoms with Crippen molar-refractivity contribution in [2.45, 2.75) is 27.2 Å². The zero-order valence-corrected chi connectivity index (χ0v) is 15.8. The van der Waals surface area contributed by atoms with Gasteiger partial charge in [-0.1, -0.05) is 11.6 Å². The number of pyridine rings is 1. The molecule has 0 fully saturated rings. The zero-order valence-electron chi connectivity index (χ0n) is 14.2. The SMILES string of the molecule is Cc1cc(C)n(-c2ccc(Cl)c(C(=O)NCCc3csc(C)n3)n2)n1. The van der Waals surface area contributed by atoms with E-state index in [0.29, 0.717) is 23.8 Å². The molecular formula is C17H18ClN5OS. The molecule has 0 saturated heterocycles. The van der Waals surface area contributed by atoms with Crippen LogP contribution < -0.4 is 5.32 Å². The van der Waals surface area contributed by atoms with Crippen molar-refractivity contribution >= 4 is 28.8 Å². The first-order valence-electron chi connectivity index (χ1n) is 7.83. The Balaban J connectivity index is 1.73. The van der Waals surface area contributed by atoms with Gasteiger partial charge in [0.25, 0.3) is 5.91 Å². The van der Waals surface area contributed by atoms with Gasteiger partial charge in [-0.05, 0) is 39.0 Å². The predicted molar refractivity (Wildman–Crippen MR) is 98.7 cm³/mol. The summed E-state index contributed by atoms with van der Waals surface area (Å²) in [6, 6.07) is 5.36. The van der Waals surface area contributed by atoms with Crippen LogP contribution in [0, 0.1) is 20.8 Å². The standard InChI is InChI=1S/C17H18ClN5OS/c1-10-8-11(2)23(22-10)15-5-4-14(18)16(21-15)17(24)19-7-6-13-9-25-12(3)20-13/h4-5,8-9H,6-7H2,1-3H3,(H,19,24). The maximum atomic E-state index is 12.4. The Kier molecular flexibility index (Phi) is 5.15. The average molecular weight is 376 g/mol. The quantitative estimate of drug-likeness (QED) is 0.742. The summed E-state index contributed by atoms with van der Waals surface area (Å²) in [4.78, 5) is 21.2. The lowest BCUT2D eigenvalue weighted by molar-refractivity contribution is 0.0949. The van der Waals surface area contributed by atoms with Gasteiger partial charge in [0.05, 0.1) is 21.4 Å². The third kappa shape index (κ3) is 4.05. The minimum Gasteiger partial charge on any atom is -0.350 e. The minimum atomic E-state index is -0.305. The maximum absolute atomic E-state index is 12.4. The predicted octanol–water partition coefficient (Wildman–Crippen LogP) is 3.27. The molecular weight excluding hydrogens is 358 g/mol. The number of carbonyl (C=O) groups is 1. The van der Waals surface area contributed by atoms with Crippen LogP contribution in [0.25, 0.3) is 5.82 Å². The van der Waals surface area contributed by atoms with Gasteiger partial charge in [0.2, 0.25) is 0 Å². The van der Waals surface area contributed by atoms with E-state index in [2.05, 4.69) is 20.4 Å². The summed E-state index contributed by atoms with van der Waals surface area (Å²) in [6.07, 6.45) is 0.671. The molecule has 0 saturated carbocycles. The van der Waals surface area contributed by atoms with E-state index in [1.807, 2.05) is 32.2 Å². The Labute approximate surface area is 154 Å². The van der Waals surface area contributed by atoms with E-state index in [1.54, 1.807) is 28.2 Å². The molecule has 3 aromatic heterocycles. The normalized spacial score (nSPS) is 10.9. The highest BCUT2D eigenvalue weighted by molar-refractivity contribution is 7.09. The fourth-order valence-corrected chi connectivity index (χ4v) is 3.32. The van der Waals surface area contributed by atoms with E-state index in [1.165, 1.54) is 0 Å². The molecule has 0 unspecified atom stereocenters. The first kappa shape index (κ1) is 17.6. The molecule has 3 aromatic rings. The monoisotopic (exact) mass is 375 g/mol. The van der Waals surface area contributed by atoms with Crippen LogP contribution in [-0.2, 0) is 6.42 Å². The van der Waals surface area contributed by atoms with E-state index in [9.17, 15) is 4.79 Å². The summed E-state index contributed by atoms with van der Waals surface area (Å²) in [5.41, 5.74) is 3.00. The fraction of sp³-hybridized carbons (Fsp3) is 0.294. The molecule has 3 rings (SSSR count). The molecule has 6 nitrogen and oxygen atoms in total. The molecule has 0 aliphatic heterocycles. The molecule has 25 heavy (non-hydrogen) atoms. The van der Waals surface area contributed by atoms with Crippen molar-refractivity contribution in [2.24, 2.45) is 0 Å². The average Bonchev–Trinajstić information content (AvgIpc) is 3.12. The summed E-state index contributed by atoms with van der Waals surface area (Å²) >= 11 is 7.76. The van der Waals surface area contributed by atoms with E-state index < -0.39 is 0 Å². The minimum absolute atomic E-state index is 0.196. The molecule has 0 spiro atoms. The number of thiazole rings is 1. The van der Waals surface area contributed by atoms with Crippen molar-refractivity contribution < 1.29 is 4.79 Å². The number of aromatic nitrogens is 4. The van der Waals surface area contributed by atoms with Crippen LogP contribution in [0.2, 0.25) is 5.02 Å². The third-order valence-electron chi connectivity index (χ3n) is 3.61. The number of halogens is 1. The smallest absolute Gasteiger partial charge is 0.271 e. The molecule has 0 bridgehead atoms. The van der Waals surface area contributed by atoms with Crippen LogP contribution >= 0.6 is 22.9 Å². The number of rotatable bonds is 5. The Morgan fingerprint density at radius 1 is 1.28 bits per heavy atom. The van der Waals surface area contributed by atoms with Gasteiger partial charge in [-0.25, -0.2) is 14.6 Å².